The normalized spacial score (nSPS) is 18.6. The van der Waals surface area contributed by atoms with E-state index >= 15 is 0 Å². The van der Waals surface area contributed by atoms with Crippen molar-refractivity contribution in [1.82, 2.24) is 4.90 Å². The molecule has 1 aliphatic heterocycles. The number of carbonyl (C=O) groups excluding carboxylic acids is 1. The fourth-order valence-electron chi connectivity index (χ4n) is 2.97. The first-order chi connectivity index (χ1) is 9.61. The Morgan fingerprint density at radius 3 is 2.85 bits per heavy atom. The third kappa shape index (κ3) is 3.53. The molecule has 0 aliphatic carbocycles. The van der Waals surface area contributed by atoms with Crippen LogP contribution in [0.15, 0.2) is 24.3 Å². The van der Waals surface area contributed by atoms with Crippen molar-refractivity contribution in [2.45, 2.75) is 45.6 Å². The van der Waals surface area contributed by atoms with Gasteiger partial charge in [-0.3, -0.25) is 4.79 Å². The zero-order valence-corrected chi connectivity index (χ0v) is 12.8. The lowest BCUT2D eigenvalue weighted by Gasteiger charge is -2.26. The fraction of sp³-hybridized carbons (Fsp3) is 0.588. The number of nitrogens with zero attached hydrogens (tertiary/aromatic N) is 1. The average molecular weight is 275 g/mol. The zero-order chi connectivity index (χ0) is 14.5. The molecular formula is C17H25NO2. The van der Waals surface area contributed by atoms with Crippen LogP contribution in [0.25, 0.3) is 0 Å². The largest absolute Gasteiger partial charge is 0.496 e. The van der Waals surface area contributed by atoms with Crippen LogP contribution in [0.5, 0.6) is 5.75 Å². The van der Waals surface area contributed by atoms with Gasteiger partial charge in [0.1, 0.15) is 5.75 Å². The van der Waals surface area contributed by atoms with Crippen molar-refractivity contribution in [2.24, 2.45) is 5.92 Å². The summed E-state index contributed by atoms with van der Waals surface area (Å²) in [4.78, 5) is 14.4. The Hall–Kier alpha value is -1.51. The van der Waals surface area contributed by atoms with Crippen molar-refractivity contribution >= 4 is 5.91 Å². The number of methoxy groups -OCH3 is 1. The summed E-state index contributed by atoms with van der Waals surface area (Å²) in [5.41, 5.74) is 1.20. The van der Waals surface area contributed by atoms with E-state index in [1.54, 1.807) is 7.11 Å². The Morgan fingerprint density at radius 2 is 2.15 bits per heavy atom. The predicted molar refractivity (Wildman–Crippen MR) is 80.9 cm³/mol. The SMILES string of the molecule is COc1ccccc1C[C@H]1CCCN1C(=O)CC(C)C. The lowest BCUT2D eigenvalue weighted by Crippen LogP contribution is -2.37. The lowest BCUT2D eigenvalue weighted by molar-refractivity contribution is -0.132. The molecule has 1 aliphatic rings. The van der Waals surface area contributed by atoms with Gasteiger partial charge in [0.05, 0.1) is 7.11 Å². The molecule has 0 saturated carbocycles. The number of hydrogen-bond acceptors (Lipinski definition) is 2. The van der Waals surface area contributed by atoms with Crippen LogP contribution in [0.2, 0.25) is 0 Å². The Kier molecular flexibility index (Phi) is 5.05. The molecule has 110 valence electrons. The van der Waals surface area contributed by atoms with E-state index in [1.807, 2.05) is 18.2 Å². The molecular weight excluding hydrogens is 250 g/mol. The second-order valence-electron chi connectivity index (χ2n) is 6.00. The van der Waals surface area contributed by atoms with Crippen molar-refractivity contribution in [2.75, 3.05) is 13.7 Å². The number of ether oxygens (including phenoxy) is 1. The molecule has 1 saturated heterocycles. The van der Waals surface area contributed by atoms with Crippen LogP contribution >= 0.6 is 0 Å². The Morgan fingerprint density at radius 1 is 1.40 bits per heavy atom. The molecule has 2 rings (SSSR count). The van der Waals surface area contributed by atoms with Crippen molar-refractivity contribution in [3.05, 3.63) is 29.8 Å². The molecule has 0 spiro atoms. The molecule has 1 aromatic rings. The van der Waals surface area contributed by atoms with Gasteiger partial charge < -0.3 is 9.64 Å². The molecule has 3 nitrogen and oxygen atoms in total. The van der Waals surface area contributed by atoms with E-state index in [0.29, 0.717) is 24.3 Å². The summed E-state index contributed by atoms with van der Waals surface area (Å²) in [6, 6.07) is 8.44. The summed E-state index contributed by atoms with van der Waals surface area (Å²) in [6.07, 6.45) is 3.77. The van der Waals surface area contributed by atoms with Crippen LogP contribution < -0.4 is 4.74 Å². The molecule has 1 amide bonds. The predicted octanol–water partition coefficient (Wildman–Crippen LogP) is 3.27. The van der Waals surface area contributed by atoms with Gasteiger partial charge in [-0.15, -0.1) is 0 Å². The van der Waals surface area contributed by atoms with Gasteiger partial charge in [0.25, 0.3) is 0 Å². The number of amides is 1. The highest BCUT2D eigenvalue weighted by Crippen LogP contribution is 2.26. The van der Waals surface area contributed by atoms with E-state index in [0.717, 1.165) is 31.6 Å². The van der Waals surface area contributed by atoms with Crippen LogP contribution in [0.3, 0.4) is 0 Å². The average Bonchev–Trinajstić information content (AvgIpc) is 2.87. The van der Waals surface area contributed by atoms with Gasteiger partial charge in [-0.1, -0.05) is 32.0 Å². The maximum Gasteiger partial charge on any atom is 0.223 e. The summed E-state index contributed by atoms with van der Waals surface area (Å²) in [5.74, 6) is 1.66. The molecule has 3 heteroatoms. The van der Waals surface area contributed by atoms with Crippen molar-refractivity contribution in [1.29, 1.82) is 0 Å². The molecule has 1 fully saturated rings. The number of para-hydroxylation sites is 1. The standard InChI is InChI=1S/C17H25NO2/c1-13(2)11-17(19)18-10-6-8-15(18)12-14-7-4-5-9-16(14)20-3/h4-5,7,9,13,15H,6,8,10-12H2,1-3H3/t15-/m1/s1. The third-order valence-electron chi connectivity index (χ3n) is 3.93. The number of likely N-dealkylation sites (tertiary alicyclic amines) is 1. The van der Waals surface area contributed by atoms with Crippen LogP contribution in [0, 0.1) is 5.92 Å². The highest BCUT2D eigenvalue weighted by molar-refractivity contribution is 5.77. The molecule has 0 unspecified atom stereocenters. The molecule has 0 bridgehead atoms. The second-order valence-corrected chi connectivity index (χ2v) is 6.00. The van der Waals surface area contributed by atoms with E-state index in [-0.39, 0.29) is 0 Å². The number of carbonyl (C=O) groups is 1. The zero-order valence-electron chi connectivity index (χ0n) is 12.8. The van der Waals surface area contributed by atoms with Crippen LogP contribution in [0.1, 0.15) is 38.7 Å². The first kappa shape index (κ1) is 14.9. The van der Waals surface area contributed by atoms with Crippen LogP contribution in [-0.4, -0.2) is 30.5 Å². The van der Waals surface area contributed by atoms with Crippen molar-refractivity contribution in [3.8, 4) is 5.75 Å². The smallest absolute Gasteiger partial charge is 0.223 e. The maximum atomic E-state index is 12.3. The summed E-state index contributed by atoms with van der Waals surface area (Å²) in [5, 5.41) is 0. The Labute approximate surface area is 121 Å². The van der Waals surface area contributed by atoms with E-state index < -0.39 is 0 Å². The first-order valence-corrected chi connectivity index (χ1v) is 7.53. The summed E-state index contributed by atoms with van der Waals surface area (Å²) < 4.78 is 5.41. The number of benzene rings is 1. The Bertz CT molecular complexity index is 456. The summed E-state index contributed by atoms with van der Waals surface area (Å²) in [7, 11) is 1.70. The fourth-order valence-corrected chi connectivity index (χ4v) is 2.97. The van der Waals surface area contributed by atoms with Gasteiger partial charge in [0.2, 0.25) is 5.91 Å². The monoisotopic (exact) mass is 275 g/mol. The van der Waals surface area contributed by atoms with Gasteiger partial charge >= 0.3 is 0 Å². The quantitative estimate of drug-likeness (QED) is 0.825. The van der Waals surface area contributed by atoms with Gasteiger partial charge in [0, 0.05) is 19.0 Å². The highest BCUT2D eigenvalue weighted by atomic mass is 16.5. The van der Waals surface area contributed by atoms with Crippen LogP contribution in [0.4, 0.5) is 0 Å². The van der Waals surface area contributed by atoms with Gasteiger partial charge in [-0.25, -0.2) is 0 Å². The van der Waals surface area contributed by atoms with Crippen molar-refractivity contribution < 1.29 is 9.53 Å². The lowest BCUT2D eigenvalue weighted by atomic mass is 10.0. The van der Waals surface area contributed by atoms with E-state index in [2.05, 4.69) is 24.8 Å². The third-order valence-corrected chi connectivity index (χ3v) is 3.93. The minimum absolute atomic E-state index is 0.303. The second kappa shape index (κ2) is 6.78. The molecule has 0 radical (unpaired) electrons. The van der Waals surface area contributed by atoms with Crippen molar-refractivity contribution in [3.63, 3.8) is 0 Å². The topological polar surface area (TPSA) is 29.5 Å². The number of hydrogen-bond donors (Lipinski definition) is 0. The minimum Gasteiger partial charge on any atom is -0.496 e. The summed E-state index contributed by atoms with van der Waals surface area (Å²) >= 11 is 0. The van der Waals surface area contributed by atoms with Gasteiger partial charge in [0.15, 0.2) is 0 Å². The maximum absolute atomic E-state index is 12.3. The summed E-state index contributed by atoms with van der Waals surface area (Å²) in [6.45, 7) is 5.11. The molecule has 20 heavy (non-hydrogen) atoms. The van der Waals surface area contributed by atoms with E-state index in [9.17, 15) is 4.79 Å². The Balaban J connectivity index is 2.06. The number of rotatable bonds is 5. The molecule has 1 heterocycles. The molecule has 1 aromatic carbocycles. The van der Waals surface area contributed by atoms with Gasteiger partial charge in [-0.2, -0.15) is 0 Å². The molecule has 0 N–H and O–H groups in total. The van der Waals surface area contributed by atoms with Crippen LogP contribution in [-0.2, 0) is 11.2 Å². The minimum atomic E-state index is 0.303. The first-order valence-electron chi connectivity index (χ1n) is 7.53. The van der Waals surface area contributed by atoms with Gasteiger partial charge in [-0.05, 0) is 36.8 Å². The highest BCUT2D eigenvalue weighted by Gasteiger charge is 2.29. The molecule has 1 atom stereocenters. The van der Waals surface area contributed by atoms with E-state index in [4.69, 9.17) is 4.74 Å². The molecule has 0 aromatic heterocycles. The van der Waals surface area contributed by atoms with E-state index in [1.165, 1.54) is 5.56 Å².